The Balaban J connectivity index is 1.75. The standard InChI is InChI=1S/C26H42N2O9/c1-30-8-10-32-12-14-34-16-18-36-21-24-26(29)25(28(27-24)20-23-6-4-3-5-7-23)22-37-19-17-35-15-13-33-11-9-31-2/h3-7,29H,8-22H2,1-2H3. The molecule has 0 aliphatic heterocycles. The fourth-order valence-corrected chi connectivity index (χ4v) is 3.17. The van der Waals surface area contributed by atoms with Crippen LogP contribution < -0.4 is 0 Å². The zero-order valence-corrected chi connectivity index (χ0v) is 22.1. The molecule has 0 atom stereocenters. The minimum atomic E-state index is 0.0795. The van der Waals surface area contributed by atoms with Gasteiger partial charge in [-0.3, -0.25) is 4.68 Å². The molecule has 1 N–H and O–H groups in total. The second kappa shape index (κ2) is 20.9. The summed E-state index contributed by atoms with van der Waals surface area (Å²) in [6.45, 7) is 6.68. The molecule has 11 nitrogen and oxygen atoms in total. The second-order valence-electron chi connectivity index (χ2n) is 7.93. The lowest BCUT2D eigenvalue weighted by Gasteiger charge is -2.09. The quantitative estimate of drug-likeness (QED) is 0.204. The topological polar surface area (TPSA) is 112 Å². The van der Waals surface area contributed by atoms with Crippen LogP contribution in [0, 0.1) is 0 Å². The fraction of sp³-hybridized carbons (Fsp3) is 0.654. The third-order valence-corrected chi connectivity index (χ3v) is 5.10. The van der Waals surface area contributed by atoms with E-state index in [0.717, 1.165) is 5.56 Å². The zero-order valence-electron chi connectivity index (χ0n) is 22.1. The normalized spacial score (nSPS) is 11.4. The molecule has 0 spiro atoms. The number of hydrogen-bond donors (Lipinski definition) is 1. The summed E-state index contributed by atoms with van der Waals surface area (Å²) in [7, 11) is 3.27. The summed E-state index contributed by atoms with van der Waals surface area (Å²) < 4.78 is 44.7. The molecule has 0 bridgehead atoms. The van der Waals surface area contributed by atoms with Crippen molar-refractivity contribution >= 4 is 0 Å². The van der Waals surface area contributed by atoms with Crippen LogP contribution in [-0.2, 0) is 57.7 Å². The molecule has 1 heterocycles. The molecule has 0 saturated carbocycles. The van der Waals surface area contributed by atoms with Crippen molar-refractivity contribution in [1.29, 1.82) is 0 Å². The molecule has 210 valence electrons. The molecule has 0 radical (unpaired) electrons. The maximum atomic E-state index is 10.8. The van der Waals surface area contributed by atoms with Gasteiger partial charge in [0.2, 0.25) is 0 Å². The number of nitrogens with zero attached hydrogens (tertiary/aromatic N) is 2. The summed E-state index contributed by atoms with van der Waals surface area (Å²) >= 11 is 0. The lowest BCUT2D eigenvalue weighted by molar-refractivity contribution is -0.000332. The summed E-state index contributed by atoms with van der Waals surface area (Å²) in [5, 5.41) is 15.4. The number of benzene rings is 1. The number of methoxy groups -OCH3 is 2. The van der Waals surface area contributed by atoms with Crippen LogP contribution in [0.4, 0.5) is 0 Å². The van der Waals surface area contributed by atoms with Crippen LogP contribution in [0.25, 0.3) is 0 Å². The van der Waals surface area contributed by atoms with Gasteiger partial charge in [-0.1, -0.05) is 30.3 Å². The molecule has 11 heteroatoms. The van der Waals surface area contributed by atoms with Crippen LogP contribution in [0.1, 0.15) is 17.0 Å². The third-order valence-electron chi connectivity index (χ3n) is 5.10. The van der Waals surface area contributed by atoms with E-state index in [1.807, 2.05) is 30.3 Å². The summed E-state index contributed by atoms with van der Waals surface area (Å²) in [5.74, 6) is 0.0795. The van der Waals surface area contributed by atoms with Crippen molar-refractivity contribution < 1.29 is 43.0 Å². The Morgan fingerprint density at radius 3 is 1.59 bits per heavy atom. The highest BCUT2D eigenvalue weighted by molar-refractivity contribution is 5.32. The summed E-state index contributed by atoms with van der Waals surface area (Å²) in [6, 6.07) is 9.93. The SMILES string of the molecule is COCCOCCOCCOCc1nn(Cc2ccccc2)c(COCCOCCOCCOC)c1O. The van der Waals surface area contributed by atoms with Crippen molar-refractivity contribution in [2.24, 2.45) is 0 Å². The highest BCUT2D eigenvalue weighted by Crippen LogP contribution is 2.25. The average Bonchev–Trinajstić information content (AvgIpc) is 3.20. The first-order valence-electron chi connectivity index (χ1n) is 12.5. The van der Waals surface area contributed by atoms with Crippen LogP contribution in [0.2, 0.25) is 0 Å². The van der Waals surface area contributed by atoms with Crippen LogP contribution in [0.5, 0.6) is 5.75 Å². The van der Waals surface area contributed by atoms with Crippen molar-refractivity contribution in [2.75, 3.05) is 93.5 Å². The fourth-order valence-electron chi connectivity index (χ4n) is 3.17. The second-order valence-corrected chi connectivity index (χ2v) is 7.93. The van der Waals surface area contributed by atoms with Gasteiger partial charge in [-0.25, -0.2) is 0 Å². The Bertz CT molecular complexity index is 805. The number of aromatic hydroxyl groups is 1. The first kappa shape index (κ1) is 31.1. The maximum absolute atomic E-state index is 10.8. The molecule has 0 saturated heterocycles. The van der Waals surface area contributed by atoms with E-state index in [1.165, 1.54) is 0 Å². The van der Waals surface area contributed by atoms with Gasteiger partial charge in [-0.15, -0.1) is 0 Å². The van der Waals surface area contributed by atoms with E-state index < -0.39 is 0 Å². The molecule has 2 rings (SSSR count). The van der Waals surface area contributed by atoms with Crippen molar-refractivity contribution in [1.82, 2.24) is 9.78 Å². The number of hydrogen-bond acceptors (Lipinski definition) is 10. The van der Waals surface area contributed by atoms with Gasteiger partial charge in [0.15, 0.2) is 5.75 Å². The number of ether oxygens (including phenoxy) is 8. The Labute approximate surface area is 219 Å². The van der Waals surface area contributed by atoms with Crippen LogP contribution in [0.3, 0.4) is 0 Å². The van der Waals surface area contributed by atoms with Crippen molar-refractivity contribution in [3.8, 4) is 5.75 Å². The number of aromatic nitrogens is 2. The number of rotatable bonds is 24. The molecule has 0 unspecified atom stereocenters. The van der Waals surface area contributed by atoms with E-state index in [2.05, 4.69) is 5.10 Å². The molecule has 0 amide bonds. The largest absolute Gasteiger partial charge is 0.504 e. The van der Waals surface area contributed by atoms with E-state index in [1.54, 1.807) is 18.9 Å². The molecule has 37 heavy (non-hydrogen) atoms. The highest BCUT2D eigenvalue weighted by Gasteiger charge is 2.18. The van der Waals surface area contributed by atoms with E-state index in [-0.39, 0.29) is 19.0 Å². The first-order valence-corrected chi connectivity index (χ1v) is 12.5. The van der Waals surface area contributed by atoms with Gasteiger partial charge in [0.25, 0.3) is 0 Å². The van der Waals surface area contributed by atoms with Crippen LogP contribution >= 0.6 is 0 Å². The predicted molar refractivity (Wildman–Crippen MR) is 136 cm³/mol. The predicted octanol–water partition coefficient (Wildman–Crippen LogP) is 2.03. The third kappa shape index (κ3) is 13.9. The van der Waals surface area contributed by atoms with E-state index >= 15 is 0 Å². The monoisotopic (exact) mass is 526 g/mol. The zero-order chi connectivity index (χ0) is 26.4. The molecule has 0 aliphatic carbocycles. The minimum absolute atomic E-state index is 0.0795. The first-order chi connectivity index (χ1) is 18.3. The summed E-state index contributed by atoms with van der Waals surface area (Å²) in [4.78, 5) is 0. The van der Waals surface area contributed by atoms with Gasteiger partial charge >= 0.3 is 0 Å². The van der Waals surface area contributed by atoms with Gasteiger partial charge in [-0.2, -0.15) is 5.10 Å². The summed E-state index contributed by atoms with van der Waals surface area (Å²) in [6.07, 6.45) is 0. The maximum Gasteiger partial charge on any atom is 0.164 e. The smallest absolute Gasteiger partial charge is 0.164 e. The van der Waals surface area contributed by atoms with Crippen LogP contribution in [0.15, 0.2) is 30.3 Å². The molecule has 2 aromatic rings. The van der Waals surface area contributed by atoms with Gasteiger partial charge < -0.3 is 43.0 Å². The molecular weight excluding hydrogens is 484 g/mol. The van der Waals surface area contributed by atoms with Crippen molar-refractivity contribution in [2.45, 2.75) is 19.8 Å². The van der Waals surface area contributed by atoms with Gasteiger partial charge in [-0.05, 0) is 5.56 Å². The van der Waals surface area contributed by atoms with E-state index in [9.17, 15) is 5.11 Å². The highest BCUT2D eigenvalue weighted by atomic mass is 16.6. The lowest BCUT2D eigenvalue weighted by atomic mass is 10.2. The van der Waals surface area contributed by atoms with E-state index in [0.29, 0.717) is 97.2 Å². The Morgan fingerprint density at radius 1 is 0.622 bits per heavy atom. The molecule has 0 fully saturated rings. The molecule has 0 aliphatic rings. The van der Waals surface area contributed by atoms with Gasteiger partial charge in [0.1, 0.15) is 11.4 Å². The van der Waals surface area contributed by atoms with Crippen LogP contribution in [-0.4, -0.2) is 108 Å². The van der Waals surface area contributed by atoms with E-state index in [4.69, 9.17) is 37.9 Å². The molecule has 1 aromatic heterocycles. The lowest BCUT2D eigenvalue weighted by Crippen LogP contribution is -2.12. The van der Waals surface area contributed by atoms with Gasteiger partial charge in [0, 0.05) is 14.2 Å². The van der Waals surface area contributed by atoms with Crippen molar-refractivity contribution in [3.05, 3.63) is 47.3 Å². The Kier molecular flexibility index (Phi) is 17.6. The average molecular weight is 527 g/mol. The summed E-state index contributed by atoms with van der Waals surface area (Å²) in [5.41, 5.74) is 2.12. The molecular formula is C26H42N2O9. The minimum Gasteiger partial charge on any atom is -0.504 e. The van der Waals surface area contributed by atoms with Crippen molar-refractivity contribution in [3.63, 3.8) is 0 Å². The molecule has 1 aromatic carbocycles. The Morgan fingerprint density at radius 2 is 1.08 bits per heavy atom. The Hall–Kier alpha value is -2.09. The van der Waals surface area contributed by atoms with Gasteiger partial charge in [0.05, 0.1) is 99.0 Å².